The molecule has 0 aliphatic heterocycles. The molecule has 61 heavy (non-hydrogen) atoms. The van der Waals surface area contributed by atoms with Crippen LogP contribution in [0.4, 0.5) is 0 Å². The average Bonchev–Trinajstić information content (AvgIpc) is 3.22. The van der Waals surface area contributed by atoms with Crippen molar-refractivity contribution in [1.82, 2.24) is 0 Å². The predicted octanol–water partition coefficient (Wildman–Crippen LogP) is 14.8. The molecule has 0 bridgehead atoms. The molecule has 0 saturated heterocycles. The molecule has 0 radical (unpaired) electrons. The summed E-state index contributed by atoms with van der Waals surface area (Å²) in [5, 5.41) is 9.65. The standard InChI is InChI=1S/C53H99NO7/c1-6-8-10-12-14-16-18-20-22-24-25-26-27-28-30-31-33-35-37-39-41-43-51(55)60-48-49(47-59-46-45-50(53(57)58)54(3,4)5)61-52(56)44-42-40-38-36-34-32-29-23-21-19-17-15-13-11-9-7-2/h8,10,14,16,49-50H,6-7,9,11-13,15,17-48H2,1-5H3/p+1/b10-8+,16-14+. The van der Waals surface area contributed by atoms with Crippen molar-refractivity contribution in [1.29, 1.82) is 0 Å². The van der Waals surface area contributed by atoms with Gasteiger partial charge < -0.3 is 23.8 Å². The van der Waals surface area contributed by atoms with E-state index in [1.54, 1.807) is 0 Å². The SMILES string of the molecule is CC/C=C/C/C=C/CCCCCCCCCCCCCCCCC(=O)OCC(COCCC(C(=O)O)[N+](C)(C)C)OC(=O)CCCCCCCCCCCCCCCCCC. The Kier molecular flexibility index (Phi) is 42.8. The molecule has 0 heterocycles. The molecule has 0 aliphatic rings. The van der Waals surface area contributed by atoms with E-state index in [-0.39, 0.29) is 36.2 Å². The summed E-state index contributed by atoms with van der Waals surface area (Å²) in [6.45, 7) is 4.68. The maximum atomic E-state index is 12.8. The van der Waals surface area contributed by atoms with Crippen LogP contribution in [-0.4, -0.2) is 80.6 Å². The third-order valence-corrected chi connectivity index (χ3v) is 11.9. The fraction of sp³-hybridized carbons (Fsp3) is 0.868. The first-order chi connectivity index (χ1) is 29.6. The molecule has 0 amide bonds. The summed E-state index contributed by atoms with van der Waals surface area (Å²) in [7, 11) is 5.55. The first-order valence-corrected chi connectivity index (χ1v) is 25.9. The van der Waals surface area contributed by atoms with Gasteiger partial charge >= 0.3 is 17.9 Å². The summed E-state index contributed by atoms with van der Waals surface area (Å²) in [5.74, 6) is -1.45. The third-order valence-electron chi connectivity index (χ3n) is 11.9. The highest BCUT2D eigenvalue weighted by Gasteiger charge is 2.31. The Morgan fingerprint density at radius 2 is 0.918 bits per heavy atom. The molecular weight excluding hydrogens is 763 g/mol. The fourth-order valence-electron chi connectivity index (χ4n) is 7.90. The minimum Gasteiger partial charge on any atom is -0.477 e. The van der Waals surface area contributed by atoms with Crippen molar-refractivity contribution in [3.05, 3.63) is 24.3 Å². The van der Waals surface area contributed by atoms with Crippen LogP contribution in [0.1, 0.15) is 245 Å². The molecule has 1 N–H and O–H groups in total. The molecule has 0 aliphatic carbocycles. The number of carboxylic acids is 1. The second kappa shape index (κ2) is 44.4. The predicted molar refractivity (Wildman–Crippen MR) is 257 cm³/mol. The summed E-state index contributed by atoms with van der Waals surface area (Å²) < 4.78 is 17.4. The number of unbranched alkanes of at least 4 members (excludes halogenated alkanes) is 29. The van der Waals surface area contributed by atoms with Gasteiger partial charge in [0.1, 0.15) is 6.61 Å². The minimum absolute atomic E-state index is 0.0454. The number of ether oxygens (including phenoxy) is 3. The Hall–Kier alpha value is -2.19. The highest BCUT2D eigenvalue weighted by molar-refractivity contribution is 5.72. The third kappa shape index (κ3) is 42.9. The number of quaternary nitrogens is 1. The van der Waals surface area contributed by atoms with Crippen LogP contribution in [0.2, 0.25) is 0 Å². The summed E-state index contributed by atoms with van der Waals surface area (Å²) in [6.07, 6.45) is 50.8. The Bertz CT molecular complexity index is 1050. The topological polar surface area (TPSA) is 99.1 Å². The molecule has 0 aromatic carbocycles. The first kappa shape index (κ1) is 58.8. The van der Waals surface area contributed by atoms with Gasteiger partial charge in [0, 0.05) is 19.3 Å². The number of carboxylic acid groups (broad SMARTS) is 1. The maximum Gasteiger partial charge on any atom is 0.362 e. The quantitative estimate of drug-likeness (QED) is 0.0281. The van der Waals surface area contributed by atoms with E-state index in [9.17, 15) is 19.5 Å². The summed E-state index contributed by atoms with van der Waals surface area (Å²) >= 11 is 0. The van der Waals surface area contributed by atoms with Gasteiger partial charge in [0.25, 0.3) is 0 Å². The van der Waals surface area contributed by atoms with Crippen molar-refractivity contribution in [3.8, 4) is 0 Å². The number of likely N-dealkylation sites (N-methyl/N-ethyl adjacent to an activating group) is 1. The van der Waals surface area contributed by atoms with Gasteiger partial charge in [-0.2, -0.15) is 0 Å². The zero-order valence-electron chi connectivity index (χ0n) is 40.9. The van der Waals surface area contributed by atoms with E-state index in [0.29, 0.717) is 19.3 Å². The summed E-state index contributed by atoms with van der Waals surface area (Å²) in [6, 6.07) is -0.611. The normalized spacial score (nSPS) is 13.0. The van der Waals surface area contributed by atoms with Gasteiger partial charge in [0.05, 0.1) is 34.4 Å². The number of aliphatic carboxylic acids is 1. The molecule has 0 saturated carbocycles. The fourth-order valence-corrected chi connectivity index (χ4v) is 7.90. The maximum absolute atomic E-state index is 12.8. The monoisotopic (exact) mass is 863 g/mol. The lowest BCUT2D eigenvalue weighted by atomic mass is 10.0. The molecule has 2 unspecified atom stereocenters. The van der Waals surface area contributed by atoms with Crippen LogP contribution in [0.3, 0.4) is 0 Å². The highest BCUT2D eigenvalue weighted by Crippen LogP contribution is 2.17. The van der Waals surface area contributed by atoms with Gasteiger partial charge in [-0.15, -0.1) is 0 Å². The van der Waals surface area contributed by atoms with Gasteiger partial charge in [-0.25, -0.2) is 4.79 Å². The van der Waals surface area contributed by atoms with E-state index in [4.69, 9.17) is 14.2 Å². The van der Waals surface area contributed by atoms with Crippen molar-refractivity contribution < 1.29 is 38.2 Å². The van der Waals surface area contributed by atoms with Gasteiger partial charge in [-0.05, 0) is 38.5 Å². The van der Waals surface area contributed by atoms with E-state index in [0.717, 1.165) is 51.4 Å². The van der Waals surface area contributed by atoms with Gasteiger partial charge in [-0.1, -0.05) is 212 Å². The van der Waals surface area contributed by atoms with Crippen LogP contribution >= 0.6 is 0 Å². The number of hydrogen-bond donors (Lipinski definition) is 1. The summed E-state index contributed by atoms with van der Waals surface area (Å²) in [5.41, 5.74) is 0. The van der Waals surface area contributed by atoms with Gasteiger partial charge in [0.2, 0.25) is 0 Å². The van der Waals surface area contributed by atoms with Crippen LogP contribution in [0, 0.1) is 0 Å². The Labute approximate surface area is 377 Å². The summed E-state index contributed by atoms with van der Waals surface area (Å²) in [4.78, 5) is 37.1. The lowest BCUT2D eigenvalue weighted by molar-refractivity contribution is -0.887. The number of carbonyl (C=O) groups excluding carboxylic acids is 2. The van der Waals surface area contributed by atoms with Crippen molar-refractivity contribution in [2.75, 3.05) is 41.0 Å². The zero-order valence-corrected chi connectivity index (χ0v) is 40.9. The lowest BCUT2D eigenvalue weighted by Gasteiger charge is -2.31. The van der Waals surface area contributed by atoms with Crippen molar-refractivity contribution in [3.63, 3.8) is 0 Å². The molecule has 8 nitrogen and oxygen atoms in total. The smallest absolute Gasteiger partial charge is 0.362 e. The minimum atomic E-state index is -0.871. The van der Waals surface area contributed by atoms with Crippen LogP contribution in [0.25, 0.3) is 0 Å². The Balaban J connectivity index is 4.18. The highest BCUT2D eigenvalue weighted by atomic mass is 16.6. The second-order valence-electron chi connectivity index (χ2n) is 18.8. The largest absolute Gasteiger partial charge is 0.477 e. The lowest BCUT2D eigenvalue weighted by Crippen LogP contribution is -2.50. The number of rotatable bonds is 47. The van der Waals surface area contributed by atoms with E-state index < -0.39 is 18.1 Å². The van der Waals surface area contributed by atoms with Gasteiger partial charge in [-0.3, -0.25) is 9.59 Å². The van der Waals surface area contributed by atoms with Crippen molar-refractivity contribution in [2.45, 2.75) is 257 Å². The molecular formula is C53H100NO7+. The van der Waals surface area contributed by atoms with E-state index in [1.807, 2.05) is 21.1 Å². The molecule has 0 aromatic heterocycles. The molecule has 8 heteroatoms. The number of nitrogens with zero attached hydrogens (tertiary/aromatic N) is 1. The van der Waals surface area contributed by atoms with E-state index in [1.165, 1.54) is 161 Å². The number of hydrogen-bond acceptors (Lipinski definition) is 6. The first-order valence-electron chi connectivity index (χ1n) is 25.9. The number of carbonyl (C=O) groups is 3. The molecule has 0 aromatic rings. The van der Waals surface area contributed by atoms with Crippen LogP contribution < -0.4 is 0 Å². The zero-order chi connectivity index (χ0) is 44.9. The van der Waals surface area contributed by atoms with Crippen molar-refractivity contribution in [2.24, 2.45) is 0 Å². The Morgan fingerprint density at radius 1 is 0.508 bits per heavy atom. The average molecular weight is 863 g/mol. The second-order valence-corrected chi connectivity index (χ2v) is 18.8. The van der Waals surface area contributed by atoms with E-state index in [2.05, 4.69) is 38.2 Å². The molecule has 0 rings (SSSR count). The molecule has 0 spiro atoms. The van der Waals surface area contributed by atoms with Crippen LogP contribution in [0.5, 0.6) is 0 Å². The molecule has 2 atom stereocenters. The molecule has 0 fully saturated rings. The van der Waals surface area contributed by atoms with Crippen LogP contribution in [-0.2, 0) is 28.6 Å². The number of allylic oxidation sites excluding steroid dienone is 4. The van der Waals surface area contributed by atoms with E-state index >= 15 is 0 Å². The Morgan fingerprint density at radius 3 is 1.34 bits per heavy atom. The van der Waals surface area contributed by atoms with Gasteiger partial charge in [0.15, 0.2) is 12.1 Å². The van der Waals surface area contributed by atoms with Crippen LogP contribution in [0.15, 0.2) is 24.3 Å². The number of esters is 2. The van der Waals surface area contributed by atoms with Crippen molar-refractivity contribution >= 4 is 17.9 Å². The molecule has 358 valence electrons.